The number of hydrogen-bond acceptors (Lipinski definition) is 6. The first-order chi connectivity index (χ1) is 17.0. The van der Waals surface area contributed by atoms with Crippen LogP contribution in [0.25, 0.3) is 11.1 Å². The third-order valence-electron chi connectivity index (χ3n) is 4.87. The number of amides is 2. The van der Waals surface area contributed by atoms with E-state index in [0.29, 0.717) is 16.1 Å². The second kappa shape index (κ2) is 11.0. The Morgan fingerprint density at radius 3 is 2.31 bits per heavy atom. The van der Waals surface area contributed by atoms with E-state index in [1.807, 2.05) is 0 Å². The van der Waals surface area contributed by atoms with Gasteiger partial charge in [-0.2, -0.15) is 18.2 Å². The standard InChI is InChI=1S/C23H18ClF3N4O5/c24-15-5-2-12(3-6-15)16-9-14(23(25,26)27)4-1-13(16)10-30-20(34)17-11-29-19(31-21(17)35)22(36)28-8-7-18(32)33/h1-6,9,11H,7-8,10H2,(H,28,36)(H,30,34)(H,32,33)(H,29,31,35). The predicted octanol–water partition coefficient (Wildman–Crippen LogP) is 3.66. The molecule has 36 heavy (non-hydrogen) atoms. The van der Waals surface area contributed by atoms with E-state index in [2.05, 4.69) is 20.6 Å². The van der Waals surface area contributed by atoms with Crippen LogP contribution in [0.1, 0.15) is 38.5 Å². The van der Waals surface area contributed by atoms with E-state index in [1.165, 1.54) is 18.2 Å². The van der Waals surface area contributed by atoms with E-state index >= 15 is 0 Å². The van der Waals surface area contributed by atoms with Gasteiger partial charge in [-0.25, -0.2) is 4.98 Å². The minimum absolute atomic E-state index is 0.191. The Labute approximate surface area is 207 Å². The molecule has 4 N–H and O–H groups in total. The van der Waals surface area contributed by atoms with Gasteiger partial charge in [0.25, 0.3) is 11.8 Å². The Kier molecular flexibility index (Phi) is 8.10. The van der Waals surface area contributed by atoms with Crippen LogP contribution >= 0.6 is 11.6 Å². The summed E-state index contributed by atoms with van der Waals surface area (Å²) in [4.78, 5) is 42.3. The normalized spacial score (nSPS) is 11.1. The molecule has 0 unspecified atom stereocenters. The molecule has 0 aliphatic rings. The number of aliphatic carboxylic acids is 1. The van der Waals surface area contributed by atoms with E-state index in [-0.39, 0.29) is 30.6 Å². The molecule has 13 heteroatoms. The average Bonchev–Trinajstić information content (AvgIpc) is 2.82. The fourth-order valence-electron chi connectivity index (χ4n) is 3.08. The van der Waals surface area contributed by atoms with E-state index in [1.54, 1.807) is 12.1 Å². The molecule has 0 saturated carbocycles. The summed E-state index contributed by atoms with van der Waals surface area (Å²) in [5.74, 6) is -4.11. The van der Waals surface area contributed by atoms with Gasteiger partial charge in [0.1, 0.15) is 5.56 Å². The number of carboxylic acid groups (broad SMARTS) is 1. The summed E-state index contributed by atoms with van der Waals surface area (Å²) in [7, 11) is 0. The number of benzene rings is 2. The van der Waals surface area contributed by atoms with Crippen LogP contribution in [-0.4, -0.2) is 44.5 Å². The Morgan fingerprint density at radius 2 is 1.69 bits per heavy atom. The van der Waals surface area contributed by atoms with Crippen LogP contribution in [0.4, 0.5) is 13.2 Å². The molecule has 9 nitrogen and oxygen atoms in total. The van der Waals surface area contributed by atoms with Crippen LogP contribution in [0.3, 0.4) is 0 Å². The molecule has 0 aliphatic heterocycles. The first-order valence-electron chi connectivity index (χ1n) is 10.3. The lowest BCUT2D eigenvalue weighted by atomic mass is 9.97. The lowest BCUT2D eigenvalue weighted by Crippen LogP contribution is -2.28. The van der Waals surface area contributed by atoms with Gasteiger partial charge in [0.05, 0.1) is 12.0 Å². The van der Waals surface area contributed by atoms with Crippen LogP contribution in [0.15, 0.2) is 48.7 Å². The van der Waals surface area contributed by atoms with Gasteiger partial charge in [-0.3, -0.25) is 14.4 Å². The molecule has 2 amide bonds. The van der Waals surface area contributed by atoms with Crippen molar-refractivity contribution < 1.29 is 37.8 Å². The predicted molar refractivity (Wildman–Crippen MR) is 121 cm³/mol. The van der Waals surface area contributed by atoms with Gasteiger partial charge in [0, 0.05) is 24.3 Å². The second-order valence-corrected chi connectivity index (χ2v) is 7.83. The Bertz CT molecular complexity index is 1300. The molecular formula is C23H18ClF3N4O5. The summed E-state index contributed by atoms with van der Waals surface area (Å²) in [6, 6.07) is 9.21. The number of aromatic hydroxyl groups is 1. The number of carbonyl (C=O) groups excluding carboxylic acids is 2. The molecule has 3 rings (SSSR count). The fraction of sp³-hybridized carbons (Fsp3) is 0.174. The first kappa shape index (κ1) is 26.4. The molecule has 0 saturated heterocycles. The number of halogens is 4. The molecule has 0 bridgehead atoms. The fourth-order valence-corrected chi connectivity index (χ4v) is 3.21. The lowest BCUT2D eigenvalue weighted by molar-refractivity contribution is -0.138. The maximum atomic E-state index is 13.3. The van der Waals surface area contributed by atoms with Crippen molar-refractivity contribution in [2.75, 3.05) is 6.54 Å². The summed E-state index contributed by atoms with van der Waals surface area (Å²) >= 11 is 5.88. The van der Waals surface area contributed by atoms with Crippen LogP contribution in [0.5, 0.6) is 5.88 Å². The third kappa shape index (κ3) is 6.69. The molecule has 3 aromatic rings. The quantitative estimate of drug-likeness (QED) is 0.354. The zero-order valence-corrected chi connectivity index (χ0v) is 19.0. The third-order valence-corrected chi connectivity index (χ3v) is 5.12. The number of hydrogen-bond donors (Lipinski definition) is 4. The molecule has 0 aliphatic carbocycles. The Hall–Kier alpha value is -4.19. The molecule has 188 valence electrons. The van der Waals surface area contributed by atoms with Crippen LogP contribution < -0.4 is 10.6 Å². The monoisotopic (exact) mass is 522 g/mol. The highest BCUT2D eigenvalue weighted by atomic mass is 35.5. The zero-order valence-electron chi connectivity index (χ0n) is 18.3. The van der Waals surface area contributed by atoms with Crippen molar-refractivity contribution in [1.82, 2.24) is 20.6 Å². The number of rotatable bonds is 8. The Morgan fingerprint density at radius 1 is 1.00 bits per heavy atom. The van der Waals surface area contributed by atoms with Gasteiger partial charge in [-0.15, -0.1) is 0 Å². The molecule has 0 atom stereocenters. The molecule has 1 aromatic heterocycles. The van der Waals surface area contributed by atoms with Gasteiger partial charge in [-0.1, -0.05) is 29.8 Å². The number of nitrogens with one attached hydrogen (secondary N) is 2. The van der Waals surface area contributed by atoms with E-state index < -0.39 is 41.2 Å². The van der Waals surface area contributed by atoms with Gasteiger partial charge in [0.15, 0.2) is 0 Å². The summed E-state index contributed by atoms with van der Waals surface area (Å²) in [5, 5.41) is 23.8. The number of carbonyl (C=O) groups is 3. The number of carboxylic acids is 1. The molecule has 0 fully saturated rings. The number of nitrogens with zero attached hydrogens (tertiary/aromatic N) is 2. The van der Waals surface area contributed by atoms with E-state index in [4.69, 9.17) is 16.7 Å². The van der Waals surface area contributed by atoms with Crippen LogP contribution in [0, 0.1) is 0 Å². The summed E-state index contributed by atoms with van der Waals surface area (Å²) in [6.45, 7) is -0.393. The minimum atomic E-state index is -4.58. The first-order valence-corrected chi connectivity index (χ1v) is 10.6. The van der Waals surface area contributed by atoms with Crippen molar-refractivity contribution in [1.29, 1.82) is 0 Å². The largest absolute Gasteiger partial charge is 0.493 e. The van der Waals surface area contributed by atoms with Crippen molar-refractivity contribution in [2.45, 2.75) is 19.1 Å². The Balaban J connectivity index is 1.77. The van der Waals surface area contributed by atoms with Crippen molar-refractivity contribution >= 4 is 29.4 Å². The maximum Gasteiger partial charge on any atom is 0.416 e. The van der Waals surface area contributed by atoms with E-state index in [9.17, 15) is 32.7 Å². The van der Waals surface area contributed by atoms with Crippen molar-refractivity contribution in [3.63, 3.8) is 0 Å². The molecule has 1 heterocycles. The van der Waals surface area contributed by atoms with Crippen molar-refractivity contribution in [3.05, 3.63) is 76.2 Å². The van der Waals surface area contributed by atoms with Gasteiger partial charge < -0.3 is 20.8 Å². The minimum Gasteiger partial charge on any atom is -0.493 e. The van der Waals surface area contributed by atoms with Gasteiger partial charge in [0.2, 0.25) is 11.7 Å². The SMILES string of the molecule is O=C(O)CCNC(=O)c1ncc(C(=O)NCc2ccc(C(F)(F)F)cc2-c2ccc(Cl)cc2)c(O)n1. The molecule has 0 radical (unpaired) electrons. The lowest BCUT2D eigenvalue weighted by Gasteiger charge is -2.15. The number of alkyl halides is 3. The highest BCUT2D eigenvalue weighted by Gasteiger charge is 2.31. The highest BCUT2D eigenvalue weighted by molar-refractivity contribution is 6.30. The second-order valence-electron chi connectivity index (χ2n) is 7.39. The highest BCUT2D eigenvalue weighted by Crippen LogP contribution is 2.34. The average molecular weight is 523 g/mol. The van der Waals surface area contributed by atoms with Crippen LogP contribution in [-0.2, 0) is 17.5 Å². The molecule has 0 spiro atoms. The summed E-state index contributed by atoms with van der Waals surface area (Å²) < 4.78 is 39.8. The van der Waals surface area contributed by atoms with Gasteiger partial charge >= 0.3 is 12.1 Å². The maximum absolute atomic E-state index is 13.3. The van der Waals surface area contributed by atoms with Crippen molar-refractivity contribution in [2.24, 2.45) is 0 Å². The van der Waals surface area contributed by atoms with Crippen LogP contribution in [0.2, 0.25) is 5.02 Å². The van der Waals surface area contributed by atoms with Gasteiger partial charge in [-0.05, 0) is 41.0 Å². The zero-order chi connectivity index (χ0) is 26.5. The van der Waals surface area contributed by atoms with E-state index in [0.717, 1.165) is 18.3 Å². The summed E-state index contributed by atoms with van der Waals surface area (Å²) in [5.41, 5.74) is -0.230. The smallest absolute Gasteiger partial charge is 0.416 e. The topological polar surface area (TPSA) is 142 Å². The number of aromatic nitrogens is 2. The van der Waals surface area contributed by atoms with Crippen molar-refractivity contribution in [3.8, 4) is 17.0 Å². The molecule has 2 aromatic carbocycles. The molecular weight excluding hydrogens is 505 g/mol. The summed E-state index contributed by atoms with van der Waals surface area (Å²) in [6.07, 6.45) is -4.01.